The summed E-state index contributed by atoms with van der Waals surface area (Å²) in [6.07, 6.45) is 2.49. The van der Waals surface area contributed by atoms with Crippen LogP contribution in [0.15, 0.2) is 59.5 Å². The highest BCUT2D eigenvalue weighted by atomic mass is 32.2. The van der Waals surface area contributed by atoms with Gasteiger partial charge in [0.25, 0.3) is 5.91 Å². The van der Waals surface area contributed by atoms with Crippen molar-refractivity contribution in [3.8, 4) is 0 Å². The summed E-state index contributed by atoms with van der Waals surface area (Å²) in [5, 5.41) is 2.79. The number of carbonyl (C=O) groups is 1. The molecule has 0 heterocycles. The number of hydrogen-bond donors (Lipinski definition) is 2. The summed E-state index contributed by atoms with van der Waals surface area (Å²) < 4.78 is 27.4. The maximum absolute atomic E-state index is 12.4. The third-order valence-electron chi connectivity index (χ3n) is 3.77. The Morgan fingerprint density at radius 3 is 2.48 bits per heavy atom. The number of benzene rings is 2. The van der Waals surface area contributed by atoms with Crippen LogP contribution in [0, 0.1) is 0 Å². The van der Waals surface area contributed by atoms with Gasteiger partial charge >= 0.3 is 0 Å². The largest absolute Gasteiger partial charge is 0.352 e. The van der Waals surface area contributed by atoms with Crippen LogP contribution < -0.4 is 10.0 Å². The summed E-state index contributed by atoms with van der Waals surface area (Å²) >= 11 is 0. The lowest BCUT2D eigenvalue weighted by Gasteiger charge is -2.09. The predicted octanol–water partition coefficient (Wildman–Crippen LogP) is 2.74. The summed E-state index contributed by atoms with van der Waals surface area (Å²) in [5.74, 6) is -0.255. The number of carbonyl (C=O) groups excluding carboxylic acids is 1. The summed E-state index contributed by atoms with van der Waals surface area (Å²) in [6.45, 7) is 2.93. The molecule has 0 saturated heterocycles. The van der Waals surface area contributed by atoms with Crippen LogP contribution in [0.25, 0.3) is 0 Å². The zero-order valence-corrected chi connectivity index (χ0v) is 15.2. The molecule has 0 aromatic heterocycles. The number of nitrogens with one attached hydrogen (secondary N) is 2. The summed E-state index contributed by atoms with van der Waals surface area (Å²) in [6, 6.07) is 15.8. The van der Waals surface area contributed by atoms with Crippen molar-refractivity contribution in [2.45, 2.75) is 31.1 Å². The molecule has 0 aliphatic heterocycles. The molecule has 25 heavy (non-hydrogen) atoms. The van der Waals surface area contributed by atoms with Gasteiger partial charge in [0.05, 0.1) is 4.90 Å². The van der Waals surface area contributed by atoms with Crippen LogP contribution in [-0.2, 0) is 16.4 Å². The second-order valence-electron chi connectivity index (χ2n) is 5.77. The average Bonchev–Trinajstić information content (AvgIpc) is 2.63. The van der Waals surface area contributed by atoms with E-state index in [0.717, 1.165) is 18.4 Å². The third kappa shape index (κ3) is 5.99. The molecule has 1 amide bonds. The topological polar surface area (TPSA) is 75.3 Å². The van der Waals surface area contributed by atoms with Gasteiger partial charge in [-0.3, -0.25) is 4.79 Å². The predicted molar refractivity (Wildman–Crippen MR) is 99.0 cm³/mol. The first-order valence-corrected chi connectivity index (χ1v) is 9.93. The van der Waals surface area contributed by atoms with Crippen LogP contribution >= 0.6 is 0 Å². The Balaban J connectivity index is 1.99. The van der Waals surface area contributed by atoms with Gasteiger partial charge in [-0.1, -0.05) is 49.7 Å². The van der Waals surface area contributed by atoms with Gasteiger partial charge in [-0.2, -0.15) is 0 Å². The van der Waals surface area contributed by atoms with Crippen molar-refractivity contribution in [2.75, 3.05) is 13.1 Å². The van der Waals surface area contributed by atoms with Crippen molar-refractivity contribution in [1.82, 2.24) is 10.0 Å². The normalized spacial score (nSPS) is 11.2. The van der Waals surface area contributed by atoms with E-state index in [9.17, 15) is 13.2 Å². The first kappa shape index (κ1) is 19.1. The van der Waals surface area contributed by atoms with E-state index in [1.807, 2.05) is 37.3 Å². The minimum atomic E-state index is -3.64. The zero-order chi connectivity index (χ0) is 18.1. The quantitative estimate of drug-likeness (QED) is 0.675. The van der Waals surface area contributed by atoms with E-state index < -0.39 is 10.0 Å². The number of rotatable bonds is 9. The summed E-state index contributed by atoms with van der Waals surface area (Å²) in [4.78, 5) is 12.2. The van der Waals surface area contributed by atoms with Gasteiger partial charge in [0.15, 0.2) is 0 Å². The molecule has 2 N–H and O–H groups in total. The van der Waals surface area contributed by atoms with Gasteiger partial charge in [0.2, 0.25) is 10.0 Å². The third-order valence-corrected chi connectivity index (χ3v) is 5.23. The molecule has 134 valence electrons. The monoisotopic (exact) mass is 360 g/mol. The highest BCUT2D eigenvalue weighted by Gasteiger charge is 2.15. The molecule has 0 saturated carbocycles. The lowest BCUT2D eigenvalue weighted by Crippen LogP contribution is -2.27. The SMILES string of the molecule is CCCCNC(=O)c1cccc(S(=O)(=O)NCCc2ccccc2)c1. The smallest absolute Gasteiger partial charge is 0.251 e. The number of sulfonamides is 1. The van der Waals surface area contributed by atoms with Gasteiger partial charge in [0, 0.05) is 18.7 Å². The summed E-state index contributed by atoms with van der Waals surface area (Å²) in [5.41, 5.74) is 1.41. The Labute approximate surface area is 149 Å². The van der Waals surface area contributed by atoms with E-state index in [2.05, 4.69) is 10.0 Å². The molecule has 0 aliphatic rings. The van der Waals surface area contributed by atoms with Crippen LogP contribution in [0.3, 0.4) is 0 Å². The standard InChI is InChI=1S/C19H24N2O3S/c1-2-3-13-20-19(22)17-10-7-11-18(15-17)25(23,24)21-14-12-16-8-5-4-6-9-16/h4-11,15,21H,2-3,12-14H2,1H3,(H,20,22). The van der Waals surface area contributed by atoms with E-state index in [4.69, 9.17) is 0 Å². The van der Waals surface area contributed by atoms with Gasteiger partial charge in [-0.15, -0.1) is 0 Å². The second-order valence-corrected chi connectivity index (χ2v) is 7.54. The Hall–Kier alpha value is -2.18. The van der Waals surface area contributed by atoms with Crippen molar-refractivity contribution in [2.24, 2.45) is 0 Å². The lowest BCUT2D eigenvalue weighted by atomic mass is 10.2. The van der Waals surface area contributed by atoms with E-state index in [1.54, 1.807) is 12.1 Å². The number of amides is 1. The van der Waals surface area contributed by atoms with Crippen molar-refractivity contribution in [1.29, 1.82) is 0 Å². The van der Waals surface area contributed by atoms with Crippen LogP contribution in [0.4, 0.5) is 0 Å². The van der Waals surface area contributed by atoms with Gasteiger partial charge in [-0.05, 0) is 36.6 Å². The molecule has 0 fully saturated rings. The van der Waals surface area contributed by atoms with E-state index in [1.165, 1.54) is 12.1 Å². The maximum atomic E-state index is 12.4. The van der Waals surface area contributed by atoms with Crippen molar-refractivity contribution < 1.29 is 13.2 Å². The van der Waals surface area contributed by atoms with Crippen LogP contribution in [0.2, 0.25) is 0 Å². The Kier molecular flexibility index (Phi) is 7.16. The molecule has 0 atom stereocenters. The van der Waals surface area contributed by atoms with E-state index >= 15 is 0 Å². The van der Waals surface area contributed by atoms with Gasteiger partial charge in [-0.25, -0.2) is 13.1 Å². The van der Waals surface area contributed by atoms with Crippen molar-refractivity contribution in [3.63, 3.8) is 0 Å². The van der Waals surface area contributed by atoms with Crippen molar-refractivity contribution in [3.05, 3.63) is 65.7 Å². The van der Waals surface area contributed by atoms with E-state index in [0.29, 0.717) is 25.1 Å². The number of hydrogen-bond acceptors (Lipinski definition) is 3. The molecule has 0 bridgehead atoms. The molecule has 5 nitrogen and oxygen atoms in total. The molecule has 0 radical (unpaired) electrons. The molecule has 2 aromatic rings. The minimum absolute atomic E-state index is 0.101. The molecule has 2 rings (SSSR count). The molecule has 6 heteroatoms. The first-order chi connectivity index (χ1) is 12.0. The highest BCUT2D eigenvalue weighted by molar-refractivity contribution is 7.89. The fraction of sp³-hybridized carbons (Fsp3) is 0.316. The van der Waals surface area contributed by atoms with Gasteiger partial charge in [0.1, 0.15) is 0 Å². The molecule has 2 aromatic carbocycles. The fourth-order valence-corrected chi connectivity index (χ4v) is 3.42. The maximum Gasteiger partial charge on any atom is 0.251 e. The van der Waals surface area contributed by atoms with Gasteiger partial charge < -0.3 is 5.32 Å². The lowest BCUT2D eigenvalue weighted by molar-refractivity contribution is 0.0953. The molecule has 0 spiro atoms. The van der Waals surface area contributed by atoms with Crippen LogP contribution in [0.5, 0.6) is 0 Å². The second kappa shape index (κ2) is 9.34. The molecular weight excluding hydrogens is 336 g/mol. The Bertz CT molecular complexity index is 789. The highest BCUT2D eigenvalue weighted by Crippen LogP contribution is 2.12. The summed E-state index contributed by atoms with van der Waals surface area (Å²) in [7, 11) is -3.64. The minimum Gasteiger partial charge on any atom is -0.352 e. The molecule has 0 aliphatic carbocycles. The number of unbranched alkanes of at least 4 members (excludes halogenated alkanes) is 1. The Morgan fingerprint density at radius 2 is 1.76 bits per heavy atom. The van der Waals surface area contributed by atoms with Crippen LogP contribution in [0.1, 0.15) is 35.7 Å². The Morgan fingerprint density at radius 1 is 1.00 bits per heavy atom. The van der Waals surface area contributed by atoms with E-state index in [-0.39, 0.29) is 10.8 Å². The molecule has 0 unspecified atom stereocenters. The first-order valence-electron chi connectivity index (χ1n) is 8.45. The fourth-order valence-electron chi connectivity index (χ4n) is 2.34. The average molecular weight is 360 g/mol. The van der Waals surface area contributed by atoms with Crippen LogP contribution in [-0.4, -0.2) is 27.4 Å². The molecular formula is C19H24N2O3S. The van der Waals surface area contributed by atoms with Crippen molar-refractivity contribution >= 4 is 15.9 Å². The zero-order valence-electron chi connectivity index (χ0n) is 14.4.